The van der Waals surface area contributed by atoms with E-state index < -0.39 is 23.8 Å². The second kappa shape index (κ2) is 10.9. The highest BCUT2D eigenvalue weighted by Crippen LogP contribution is 2.28. The van der Waals surface area contributed by atoms with Gasteiger partial charge < -0.3 is 15.5 Å². The molecule has 3 N–H and O–H groups in total. The van der Waals surface area contributed by atoms with Crippen molar-refractivity contribution in [3.8, 4) is 10.6 Å². The summed E-state index contributed by atoms with van der Waals surface area (Å²) in [5, 5.41) is 17.2. The van der Waals surface area contributed by atoms with E-state index in [0.29, 0.717) is 22.2 Å². The summed E-state index contributed by atoms with van der Waals surface area (Å²) in [6.07, 6.45) is 0.665. The molecule has 8 nitrogen and oxygen atoms in total. The number of nitrogens with one attached hydrogen (secondary N) is 3. The molecule has 0 radical (unpaired) electrons. The summed E-state index contributed by atoms with van der Waals surface area (Å²) >= 11 is 1.25. The van der Waals surface area contributed by atoms with E-state index in [1.54, 1.807) is 6.07 Å². The molecule has 2 aromatic carbocycles. The van der Waals surface area contributed by atoms with Crippen LogP contribution in [0.15, 0.2) is 48.5 Å². The van der Waals surface area contributed by atoms with Gasteiger partial charge in [-0.1, -0.05) is 37.7 Å². The van der Waals surface area contributed by atoms with Gasteiger partial charge in [-0.3, -0.25) is 10.1 Å². The molecule has 1 heterocycles. The topological polar surface area (TPSA) is 99.2 Å². The van der Waals surface area contributed by atoms with Gasteiger partial charge in [0.25, 0.3) is 0 Å². The van der Waals surface area contributed by atoms with Crippen LogP contribution in [0.5, 0.6) is 0 Å². The first kappa shape index (κ1) is 24.1. The molecule has 0 saturated carbocycles. The van der Waals surface area contributed by atoms with Crippen molar-refractivity contribution >= 4 is 39.8 Å². The van der Waals surface area contributed by atoms with Gasteiger partial charge in [0.15, 0.2) is 0 Å². The lowest BCUT2D eigenvalue weighted by Crippen LogP contribution is -2.49. The molecule has 1 aromatic heterocycles. The van der Waals surface area contributed by atoms with Crippen molar-refractivity contribution in [1.29, 1.82) is 0 Å². The number of carbonyl (C=O) groups is 2. The zero-order valence-corrected chi connectivity index (χ0v) is 19.7. The highest BCUT2D eigenvalue weighted by Gasteiger charge is 2.27. The van der Waals surface area contributed by atoms with E-state index in [-0.39, 0.29) is 5.92 Å². The van der Waals surface area contributed by atoms with Crippen LogP contribution in [0, 0.1) is 11.7 Å². The lowest BCUT2D eigenvalue weighted by molar-refractivity contribution is -0.119. The Morgan fingerprint density at radius 1 is 1.09 bits per heavy atom. The normalized spacial score (nSPS) is 12.5. The number of urea groups is 1. The van der Waals surface area contributed by atoms with E-state index in [2.05, 4.69) is 26.1 Å². The fraction of sp³-hybridized carbons (Fsp3) is 0.304. The molecule has 3 amide bonds. The van der Waals surface area contributed by atoms with Crippen molar-refractivity contribution in [2.24, 2.45) is 5.92 Å². The highest BCUT2D eigenvalue weighted by atomic mass is 32.1. The first-order valence-electron chi connectivity index (χ1n) is 10.5. The quantitative estimate of drug-likeness (QED) is 0.447. The minimum absolute atomic E-state index is 0.144. The third-order valence-electron chi connectivity index (χ3n) is 5.15. The first-order chi connectivity index (χ1) is 15.8. The average Bonchev–Trinajstić information content (AvgIpc) is 3.25. The van der Waals surface area contributed by atoms with Gasteiger partial charge >= 0.3 is 6.03 Å². The molecule has 2 atom stereocenters. The number of carbonyl (C=O) groups excluding carboxylic acids is 2. The van der Waals surface area contributed by atoms with Crippen LogP contribution in [0.4, 0.5) is 25.7 Å². The van der Waals surface area contributed by atoms with E-state index >= 15 is 0 Å². The zero-order chi connectivity index (χ0) is 24.0. The van der Waals surface area contributed by atoms with Gasteiger partial charge in [-0.2, -0.15) is 0 Å². The summed E-state index contributed by atoms with van der Waals surface area (Å²) in [6.45, 7) is 3.79. The van der Waals surface area contributed by atoms with Crippen LogP contribution in [0.1, 0.15) is 20.3 Å². The molecule has 0 bridgehead atoms. The van der Waals surface area contributed by atoms with Crippen LogP contribution in [-0.2, 0) is 4.79 Å². The Kier molecular flexibility index (Phi) is 7.94. The van der Waals surface area contributed by atoms with Gasteiger partial charge in [-0.15, -0.1) is 10.2 Å². The SMILES string of the molecule is CCC(C)C(NC(=O)Nc1cccc(F)c1)C(=O)Nc1nnc(-c2ccc(N(C)C)cc2)s1. The van der Waals surface area contributed by atoms with E-state index in [1.807, 2.05) is 57.1 Å². The highest BCUT2D eigenvalue weighted by molar-refractivity contribution is 7.18. The summed E-state index contributed by atoms with van der Waals surface area (Å²) < 4.78 is 13.4. The van der Waals surface area contributed by atoms with E-state index in [9.17, 15) is 14.0 Å². The monoisotopic (exact) mass is 470 g/mol. The van der Waals surface area contributed by atoms with Crippen molar-refractivity contribution < 1.29 is 14.0 Å². The molecule has 3 aromatic rings. The third-order valence-corrected chi connectivity index (χ3v) is 6.04. The number of hydrogen-bond donors (Lipinski definition) is 3. The molecule has 0 aliphatic heterocycles. The van der Waals surface area contributed by atoms with Crippen LogP contribution < -0.4 is 20.9 Å². The average molecular weight is 471 g/mol. The maximum atomic E-state index is 13.4. The van der Waals surface area contributed by atoms with Crippen molar-refractivity contribution in [3.63, 3.8) is 0 Å². The lowest BCUT2D eigenvalue weighted by atomic mass is 9.98. The Labute approximate surface area is 196 Å². The van der Waals surface area contributed by atoms with Gasteiger partial charge in [0.2, 0.25) is 11.0 Å². The van der Waals surface area contributed by atoms with Crippen LogP contribution in [0.3, 0.4) is 0 Å². The van der Waals surface area contributed by atoms with Crippen molar-refractivity contribution in [3.05, 3.63) is 54.3 Å². The van der Waals surface area contributed by atoms with Crippen molar-refractivity contribution in [1.82, 2.24) is 15.5 Å². The fourth-order valence-corrected chi connectivity index (χ4v) is 3.80. The molecule has 0 saturated heterocycles. The Balaban J connectivity index is 1.67. The molecule has 0 fully saturated rings. The molecule has 174 valence electrons. The van der Waals surface area contributed by atoms with Crippen LogP contribution in [0.2, 0.25) is 0 Å². The largest absolute Gasteiger partial charge is 0.378 e. The zero-order valence-electron chi connectivity index (χ0n) is 18.9. The van der Waals surface area contributed by atoms with Gasteiger partial charge in [0.05, 0.1) is 0 Å². The number of anilines is 3. The smallest absolute Gasteiger partial charge is 0.319 e. The van der Waals surface area contributed by atoms with Crippen LogP contribution >= 0.6 is 11.3 Å². The van der Waals surface area contributed by atoms with Gasteiger partial charge in [0.1, 0.15) is 16.9 Å². The molecule has 0 aliphatic rings. The minimum atomic E-state index is -0.810. The fourth-order valence-electron chi connectivity index (χ4n) is 3.05. The Morgan fingerprint density at radius 3 is 2.45 bits per heavy atom. The first-order valence-corrected chi connectivity index (χ1v) is 11.3. The summed E-state index contributed by atoms with van der Waals surface area (Å²) in [7, 11) is 3.93. The maximum Gasteiger partial charge on any atom is 0.319 e. The summed E-state index contributed by atoms with van der Waals surface area (Å²) in [6, 6.07) is 12.0. The number of rotatable bonds is 8. The molecule has 10 heteroatoms. The van der Waals surface area contributed by atoms with Crippen molar-refractivity contribution in [2.75, 3.05) is 29.6 Å². The molecule has 2 unspecified atom stereocenters. The summed E-state index contributed by atoms with van der Waals surface area (Å²) in [5.74, 6) is -1.01. The van der Waals surface area contributed by atoms with Crippen LogP contribution in [0.25, 0.3) is 10.6 Å². The van der Waals surface area contributed by atoms with Crippen molar-refractivity contribution in [2.45, 2.75) is 26.3 Å². The standard InChI is InChI=1S/C23H27FN6O2S/c1-5-14(2)19(26-22(32)25-17-8-6-7-16(24)13-17)20(31)27-23-29-28-21(33-23)15-9-11-18(12-10-15)30(3)4/h6-14,19H,5H2,1-4H3,(H2,25,26,32)(H,27,29,31). The predicted octanol–water partition coefficient (Wildman–Crippen LogP) is 4.59. The number of amides is 3. The van der Waals surface area contributed by atoms with Gasteiger partial charge in [0, 0.05) is 31.0 Å². The van der Waals surface area contributed by atoms with E-state index in [1.165, 1.54) is 29.5 Å². The van der Waals surface area contributed by atoms with Crippen LogP contribution in [-0.4, -0.2) is 42.3 Å². The number of halogens is 1. The number of benzene rings is 2. The maximum absolute atomic E-state index is 13.4. The van der Waals surface area contributed by atoms with Gasteiger partial charge in [-0.05, 0) is 48.4 Å². The van der Waals surface area contributed by atoms with E-state index in [4.69, 9.17) is 0 Å². The molecule has 0 aliphatic carbocycles. The summed E-state index contributed by atoms with van der Waals surface area (Å²) in [5.41, 5.74) is 2.25. The molecule has 3 rings (SSSR count). The Hall–Kier alpha value is -3.53. The minimum Gasteiger partial charge on any atom is -0.378 e. The Bertz CT molecular complexity index is 1100. The number of nitrogens with zero attached hydrogens (tertiary/aromatic N) is 3. The van der Waals surface area contributed by atoms with Gasteiger partial charge in [-0.25, -0.2) is 9.18 Å². The lowest BCUT2D eigenvalue weighted by Gasteiger charge is -2.23. The predicted molar refractivity (Wildman–Crippen MR) is 130 cm³/mol. The summed E-state index contributed by atoms with van der Waals surface area (Å²) in [4.78, 5) is 27.4. The molecular formula is C23H27FN6O2S. The molecular weight excluding hydrogens is 443 g/mol. The molecule has 33 heavy (non-hydrogen) atoms. The number of aromatic nitrogens is 2. The molecule has 0 spiro atoms. The number of hydrogen-bond acceptors (Lipinski definition) is 6. The Morgan fingerprint density at radius 2 is 1.82 bits per heavy atom. The second-order valence-corrected chi connectivity index (χ2v) is 8.79. The second-order valence-electron chi connectivity index (χ2n) is 7.81. The third kappa shape index (κ3) is 6.48. The van der Waals surface area contributed by atoms with E-state index in [0.717, 1.165) is 11.3 Å².